The van der Waals surface area contributed by atoms with Crippen molar-refractivity contribution < 1.29 is 0 Å². The fourth-order valence-corrected chi connectivity index (χ4v) is 3.26. The van der Waals surface area contributed by atoms with E-state index >= 15 is 0 Å². The van der Waals surface area contributed by atoms with E-state index in [1.165, 1.54) is 36.6 Å². The quantitative estimate of drug-likeness (QED) is 0.782. The fraction of sp³-hybridized carbons (Fsp3) is 0.444. The average molecular weight is 253 g/mol. The Morgan fingerprint density at radius 2 is 1.89 bits per heavy atom. The first-order valence-corrected chi connectivity index (χ1v) is 7.58. The summed E-state index contributed by atoms with van der Waals surface area (Å²) in [6.07, 6.45) is 3.96. The highest BCUT2D eigenvalue weighted by atomic mass is 14.9. The van der Waals surface area contributed by atoms with E-state index in [0.29, 0.717) is 0 Å². The minimum Gasteiger partial charge on any atom is -0.316 e. The molecule has 0 spiro atoms. The molecule has 2 atom stereocenters. The van der Waals surface area contributed by atoms with Crippen molar-refractivity contribution in [1.29, 1.82) is 0 Å². The second-order valence-corrected chi connectivity index (χ2v) is 5.72. The maximum Gasteiger partial charge on any atom is -0.00147 e. The molecule has 0 radical (unpaired) electrons. The predicted octanol–water partition coefficient (Wildman–Crippen LogP) is 4.33. The monoisotopic (exact) mass is 253 g/mol. The van der Waals surface area contributed by atoms with Crippen molar-refractivity contribution in [2.75, 3.05) is 13.1 Å². The molecule has 100 valence electrons. The topological polar surface area (TPSA) is 12.0 Å². The summed E-state index contributed by atoms with van der Waals surface area (Å²) < 4.78 is 0. The van der Waals surface area contributed by atoms with Gasteiger partial charge in [-0.3, -0.25) is 0 Å². The maximum atomic E-state index is 3.58. The molecular formula is C18H23N. The van der Waals surface area contributed by atoms with Crippen molar-refractivity contribution in [2.45, 2.75) is 32.1 Å². The molecular weight excluding hydrogens is 230 g/mol. The van der Waals surface area contributed by atoms with Gasteiger partial charge < -0.3 is 5.32 Å². The van der Waals surface area contributed by atoms with Crippen LogP contribution in [0.3, 0.4) is 0 Å². The van der Waals surface area contributed by atoms with Gasteiger partial charge in [0.05, 0.1) is 0 Å². The smallest absolute Gasteiger partial charge is 0.00147 e. The second kappa shape index (κ2) is 5.75. The minimum absolute atomic E-state index is 0.760. The third-order valence-electron chi connectivity index (χ3n) is 4.47. The van der Waals surface area contributed by atoms with Crippen molar-refractivity contribution in [3.05, 3.63) is 48.0 Å². The third-order valence-corrected chi connectivity index (χ3v) is 4.47. The van der Waals surface area contributed by atoms with Gasteiger partial charge in [-0.15, -0.1) is 0 Å². The number of hydrogen-bond donors (Lipinski definition) is 1. The Bertz CT molecular complexity index is 541. The van der Waals surface area contributed by atoms with Gasteiger partial charge in [0, 0.05) is 0 Å². The van der Waals surface area contributed by atoms with Crippen LogP contribution in [0.1, 0.15) is 37.7 Å². The van der Waals surface area contributed by atoms with Gasteiger partial charge in [0.2, 0.25) is 0 Å². The molecule has 19 heavy (non-hydrogen) atoms. The zero-order valence-electron chi connectivity index (χ0n) is 11.7. The summed E-state index contributed by atoms with van der Waals surface area (Å²) in [6.45, 7) is 4.57. The minimum atomic E-state index is 0.760. The maximum absolute atomic E-state index is 3.58. The largest absolute Gasteiger partial charge is 0.316 e. The van der Waals surface area contributed by atoms with E-state index in [-0.39, 0.29) is 0 Å². The first kappa shape index (κ1) is 12.7. The SMILES string of the molecule is CCCNCC1CCC1c1cccc2ccccc12. The van der Waals surface area contributed by atoms with Crippen molar-refractivity contribution in [2.24, 2.45) is 5.92 Å². The molecule has 2 aromatic carbocycles. The molecule has 0 heterocycles. The Kier molecular flexibility index (Phi) is 3.84. The summed E-state index contributed by atoms with van der Waals surface area (Å²) in [5, 5.41) is 6.42. The average Bonchev–Trinajstić information content (AvgIpc) is 2.43. The van der Waals surface area contributed by atoms with E-state index in [4.69, 9.17) is 0 Å². The van der Waals surface area contributed by atoms with Crippen molar-refractivity contribution in [3.63, 3.8) is 0 Å². The molecule has 1 nitrogen and oxygen atoms in total. The first-order chi connectivity index (χ1) is 9.40. The Morgan fingerprint density at radius 1 is 1.05 bits per heavy atom. The van der Waals surface area contributed by atoms with Crippen LogP contribution in [-0.2, 0) is 0 Å². The highest BCUT2D eigenvalue weighted by Crippen LogP contribution is 2.44. The lowest BCUT2D eigenvalue weighted by Gasteiger charge is -2.38. The lowest BCUT2D eigenvalue weighted by atomic mass is 9.69. The van der Waals surface area contributed by atoms with Crippen molar-refractivity contribution in [3.8, 4) is 0 Å². The van der Waals surface area contributed by atoms with Crippen LogP contribution in [0, 0.1) is 5.92 Å². The van der Waals surface area contributed by atoms with Gasteiger partial charge in [0.1, 0.15) is 0 Å². The zero-order chi connectivity index (χ0) is 13.1. The molecule has 0 saturated heterocycles. The summed E-state index contributed by atoms with van der Waals surface area (Å²) in [5.41, 5.74) is 1.56. The molecule has 1 aliphatic rings. The highest BCUT2D eigenvalue weighted by molar-refractivity contribution is 5.86. The molecule has 2 unspecified atom stereocenters. The van der Waals surface area contributed by atoms with Gasteiger partial charge in [-0.25, -0.2) is 0 Å². The van der Waals surface area contributed by atoms with E-state index in [0.717, 1.165) is 18.4 Å². The number of benzene rings is 2. The molecule has 0 amide bonds. The molecule has 1 aliphatic carbocycles. The number of rotatable bonds is 5. The van der Waals surface area contributed by atoms with Crippen molar-refractivity contribution >= 4 is 10.8 Å². The predicted molar refractivity (Wildman–Crippen MR) is 82.6 cm³/mol. The van der Waals surface area contributed by atoms with Crippen LogP contribution in [0.5, 0.6) is 0 Å². The summed E-state index contributed by atoms with van der Waals surface area (Å²) >= 11 is 0. The standard InChI is InChI=1S/C18H23N/c1-2-12-19-13-15-10-11-17(15)18-9-5-7-14-6-3-4-8-16(14)18/h3-9,15,17,19H,2,10-13H2,1H3. The molecule has 1 N–H and O–H groups in total. The fourth-order valence-electron chi connectivity index (χ4n) is 3.26. The molecule has 0 aliphatic heterocycles. The normalized spacial score (nSPS) is 22.4. The molecule has 1 saturated carbocycles. The Morgan fingerprint density at radius 3 is 2.68 bits per heavy atom. The van der Waals surface area contributed by atoms with Gasteiger partial charge in [0.25, 0.3) is 0 Å². The van der Waals surface area contributed by atoms with E-state index in [1.54, 1.807) is 5.56 Å². The summed E-state index contributed by atoms with van der Waals surface area (Å²) in [5.74, 6) is 1.59. The lowest BCUT2D eigenvalue weighted by Crippen LogP contribution is -2.34. The number of hydrogen-bond acceptors (Lipinski definition) is 1. The Hall–Kier alpha value is -1.34. The van der Waals surface area contributed by atoms with Gasteiger partial charge in [0.15, 0.2) is 0 Å². The Labute approximate surface area is 116 Å². The zero-order valence-corrected chi connectivity index (χ0v) is 11.7. The van der Waals surface area contributed by atoms with Crippen molar-refractivity contribution in [1.82, 2.24) is 5.32 Å². The van der Waals surface area contributed by atoms with Gasteiger partial charge >= 0.3 is 0 Å². The van der Waals surface area contributed by atoms with Gasteiger partial charge in [-0.1, -0.05) is 49.4 Å². The molecule has 2 aromatic rings. The number of nitrogens with one attached hydrogen (secondary N) is 1. The molecule has 1 fully saturated rings. The van der Waals surface area contributed by atoms with Gasteiger partial charge in [-0.2, -0.15) is 0 Å². The molecule has 1 heteroatoms. The van der Waals surface area contributed by atoms with Crippen LogP contribution >= 0.6 is 0 Å². The lowest BCUT2D eigenvalue weighted by molar-refractivity contribution is 0.247. The second-order valence-electron chi connectivity index (χ2n) is 5.72. The summed E-state index contributed by atoms with van der Waals surface area (Å²) in [6, 6.07) is 15.6. The first-order valence-electron chi connectivity index (χ1n) is 7.58. The third kappa shape index (κ3) is 2.52. The van der Waals surface area contributed by atoms with Crippen LogP contribution in [-0.4, -0.2) is 13.1 Å². The van der Waals surface area contributed by atoms with E-state index < -0.39 is 0 Å². The van der Waals surface area contributed by atoms with Crippen LogP contribution in [0.25, 0.3) is 10.8 Å². The summed E-state index contributed by atoms with van der Waals surface area (Å²) in [7, 11) is 0. The summed E-state index contributed by atoms with van der Waals surface area (Å²) in [4.78, 5) is 0. The van der Waals surface area contributed by atoms with Gasteiger partial charge in [-0.05, 0) is 60.5 Å². The highest BCUT2D eigenvalue weighted by Gasteiger charge is 2.32. The van der Waals surface area contributed by atoms with Crippen LogP contribution < -0.4 is 5.32 Å². The number of fused-ring (bicyclic) bond motifs is 1. The van der Waals surface area contributed by atoms with Crippen LogP contribution in [0.15, 0.2) is 42.5 Å². The van der Waals surface area contributed by atoms with Crippen LogP contribution in [0.2, 0.25) is 0 Å². The molecule has 0 bridgehead atoms. The Balaban J connectivity index is 1.80. The van der Waals surface area contributed by atoms with E-state index in [9.17, 15) is 0 Å². The van der Waals surface area contributed by atoms with Crippen LogP contribution in [0.4, 0.5) is 0 Å². The van der Waals surface area contributed by atoms with E-state index in [2.05, 4.69) is 54.7 Å². The van der Waals surface area contributed by atoms with E-state index in [1.807, 2.05) is 0 Å². The molecule has 0 aromatic heterocycles. The molecule has 3 rings (SSSR count).